The SMILES string of the molecule is COc1nc2c3c(nc(-c4cc(N)c(F)c(C)c4C(F)(F)F)c(F)c3n1)OCCN2C(C)c1cccnc1N. The summed E-state index contributed by atoms with van der Waals surface area (Å²) in [4.78, 5) is 18.5. The molecule has 3 aromatic heterocycles. The molecule has 5 rings (SSSR count). The van der Waals surface area contributed by atoms with Crippen molar-refractivity contribution in [1.82, 2.24) is 19.9 Å². The highest BCUT2D eigenvalue weighted by atomic mass is 19.4. The third-order valence-corrected chi connectivity index (χ3v) is 6.59. The van der Waals surface area contributed by atoms with Gasteiger partial charge in [0.05, 0.1) is 30.9 Å². The minimum absolute atomic E-state index is 0.00701. The zero-order valence-corrected chi connectivity index (χ0v) is 20.9. The Morgan fingerprint density at radius 2 is 1.87 bits per heavy atom. The van der Waals surface area contributed by atoms with Crippen molar-refractivity contribution in [3.8, 4) is 23.1 Å². The monoisotopic (exact) mass is 547 g/mol. The Kier molecular flexibility index (Phi) is 6.27. The van der Waals surface area contributed by atoms with E-state index in [2.05, 4.69) is 19.9 Å². The molecular weight excluding hydrogens is 525 g/mol. The van der Waals surface area contributed by atoms with Crippen LogP contribution in [0.2, 0.25) is 0 Å². The molecule has 9 nitrogen and oxygen atoms in total. The van der Waals surface area contributed by atoms with E-state index < -0.39 is 57.4 Å². The lowest BCUT2D eigenvalue weighted by Crippen LogP contribution is -2.31. The molecule has 0 radical (unpaired) electrons. The van der Waals surface area contributed by atoms with E-state index >= 15 is 4.39 Å². The van der Waals surface area contributed by atoms with Gasteiger partial charge in [-0.15, -0.1) is 0 Å². The lowest BCUT2D eigenvalue weighted by atomic mass is 9.96. The number of hydrogen-bond donors (Lipinski definition) is 2. The van der Waals surface area contributed by atoms with Gasteiger partial charge in [-0.05, 0) is 31.5 Å². The number of alkyl halides is 3. The molecule has 4 N–H and O–H groups in total. The lowest BCUT2D eigenvalue weighted by Gasteiger charge is -2.30. The van der Waals surface area contributed by atoms with Crippen LogP contribution < -0.4 is 25.8 Å². The zero-order chi connectivity index (χ0) is 28.2. The van der Waals surface area contributed by atoms with Crippen LogP contribution >= 0.6 is 0 Å². The number of methoxy groups -OCH3 is 1. The van der Waals surface area contributed by atoms with Crippen LogP contribution in [-0.2, 0) is 6.18 Å². The Morgan fingerprint density at radius 1 is 1.13 bits per heavy atom. The molecule has 1 aliphatic rings. The predicted molar refractivity (Wildman–Crippen MR) is 133 cm³/mol. The predicted octanol–water partition coefficient (Wildman–Crippen LogP) is 4.83. The summed E-state index contributed by atoms with van der Waals surface area (Å²) >= 11 is 0. The summed E-state index contributed by atoms with van der Waals surface area (Å²) < 4.78 is 83.8. The molecule has 0 fully saturated rings. The normalized spacial score (nSPS) is 14.2. The maximum Gasteiger partial charge on any atom is 0.417 e. The van der Waals surface area contributed by atoms with Crippen molar-refractivity contribution >= 4 is 28.2 Å². The largest absolute Gasteiger partial charge is 0.475 e. The average molecular weight is 547 g/mol. The molecule has 0 amide bonds. The molecule has 0 bridgehead atoms. The van der Waals surface area contributed by atoms with Gasteiger partial charge in [-0.25, -0.2) is 18.7 Å². The van der Waals surface area contributed by atoms with Gasteiger partial charge < -0.3 is 25.8 Å². The van der Waals surface area contributed by atoms with Gasteiger partial charge in [0.1, 0.15) is 40.7 Å². The van der Waals surface area contributed by atoms with Crippen molar-refractivity contribution in [3.05, 3.63) is 52.7 Å². The molecule has 1 aliphatic heterocycles. The number of hydrogen-bond acceptors (Lipinski definition) is 9. The summed E-state index contributed by atoms with van der Waals surface area (Å²) in [6.45, 7) is 2.97. The van der Waals surface area contributed by atoms with Crippen LogP contribution in [0.1, 0.15) is 29.7 Å². The minimum Gasteiger partial charge on any atom is -0.475 e. The maximum atomic E-state index is 16.2. The van der Waals surface area contributed by atoms with Crippen molar-refractivity contribution in [3.63, 3.8) is 0 Å². The first-order chi connectivity index (χ1) is 18.4. The van der Waals surface area contributed by atoms with Crippen LogP contribution in [0, 0.1) is 18.6 Å². The van der Waals surface area contributed by atoms with Gasteiger partial charge in [-0.3, -0.25) is 0 Å². The number of rotatable bonds is 4. The molecule has 0 spiro atoms. The van der Waals surface area contributed by atoms with Crippen molar-refractivity contribution < 1.29 is 31.4 Å². The van der Waals surface area contributed by atoms with E-state index in [1.54, 1.807) is 17.0 Å². The molecule has 4 aromatic rings. The van der Waals surface area contributed by atoms with Crippen LogP contribution in [0.3, 0.4) is 0 Å². The Balaban J connectivity index is 1.81. The molecule has 1 atom stereocenters. The quantitative estimate of drug-likeness (QED) is 0.273. The summed E-state index contributed by atoms with van der Waals surface area (Å²) in [6.07, 6.45) is -3.51. The van der Waals surface area contributed by atoms with E-state index in [1.807, 2.05) is 6.92 Å². The highest BCUT2D eigenvalue weighted by Gasteiger charge is 2.39. The molecule has 4 heterocycles. The molecule has 0 saturated carbocycles. The van der Waals surface area contributed by atoms with Crippen molar-refractivity contribution in [2.45, 2.75) is 26.1 Å². The summed E-state index contributed by atoms with van der Waals surface area (Å²) in [5, 5.41) is 0.0178. The fourth-order valence-electron chi connectivity index (χ4n) is 4.73. The van der Waals surface area contributed by atoms with Crippen LogP contribution in [0.4, 0.5) is 39.3 Å². The molecule has 1 aromatic carbocycles. The maximum absolute atomic E-state index is 16.2. The summed E-state index contributed by atoms with van der Waals surface area (Å²) in [5.74, 6) is -2.24. The van der Waals surface area contributed by atoms with Crippen LogP contribution in [0.15, 0.2) is 24.4 Å². The third kappa shape index (κ3) is 4.25. The zero-order valence-electron chi connectivity index (χ0n) is 20.9. The fourth-order valence-corrected chi connectivity index (χ4v) is 4.73. The Hall–Kier alpha value is -4.49. The van der Waals surface area contributed by atoms with Crippen molar-refractivity contribution in [1.29, 1.82) is 0 Å². The number of benzene rings is 1. The standard InChI is InChI=1S/C25H22F5N7O2/c1-10-16(25(28,29)30)13(9-14(31)17(10)26)19-18(27)20-15-22(36-24(35-20)38-3)37(7-8-39-23(15)34-19)11(2)12-5-4-6-33-21(12)32/h4-6,9,11H,7-8,31H2,1-3H3,(H2,32,33). The van der Waals surface area contributed by atoms with Crippen molar-refractivity contribution in [2.24, 2.45) is 0 Å². The van der Waals surface area contributed by atoms with E-state index in [9.17, 15) is 17.6 Å². The van der Waals surface area contributed by atoms with E-state index in [1.165, 1.54) is 13.3 Å². The van der Waals surface area contributed by atoms with Crippen LogP contribution in [0.25, 0.3) is 22.2 Å². The molecule has 14 heteroatoms. The smallest absolute Gasteiger partial charge is 0.417 e. The number of halogens is 5. The van der Waals surface area contributed by atoms with Gasteiger partial charge in [0.15, 0.2) is 5.82 Å². The summed E-state index contributed by atoms with van der Waals surface area (Å²) in [7, 11) is 1.26. The molecular formula is C25H22F5N7O2. The fraction of sp³-hybridized carbons (Fsp3) is 0.280. The first-order valence-electron chi connectivity index (χ1n) is 11.6. The second-order valence-corrected chi connectivity index (χ2v) is 8.86. The molecule has 1 unspecified atom stereocenters. The number of nitrogen functional groups attached to an aromatic ring is 2. The Bertz CT molecular complexity index is 1610. The number of nitrogens with zero attached hydrogens (tertiary/aromatic N) is 5. The van der Waals surface area contributed by atoms with Gasteiger partial charge in [0.2, 0.25) is 5.88 Å². The van der Waals surface area contributed by atoms with E-state index in [0.29, 0.717) is 11.6 Å². The van der Waals surface area contributed by atoms with Crippen molar-refractivity contribution in [2.75, 3.05) is 36.6 Å². The van der Waals surface area contributed by atoms with E-state index in [4.69, 9.17) is 20.9 Å². The number of pyridine rings is 2. The number of aromatic nitrogens is 4. The third-order valence-electron chi connectivity index (χ3n) is 6.59. The second kappa shape index (κ2) is 9.36. The number of ether oxygens (including phenoxy) is 2. The Labute approximate surface area is 218 Å². The van der Waals surface area contributed by atoms with E-state index in [-0.39, 0.29) is 42.1 Å². The molecule has 0 aliphatic carbocycles. The Morgan fingerprint density at radius 3 is 2.54 bits per heavy atom. The first kappa shape index (κ1) is 26.1. The van der Waals surface area contributed by atoms with Crippen LogP contribution in [-0.4, -0.2) is 40.2 Å². The van der Waals surface area contributed by atoms with Gasteiger partial charge in [0.25, 0.3) is 0 Å². The summed E-state index contributed by atoms with van der Waals surface area (Å²) in [5.41, 5.74) is 7.66. The number of anilines is 3. The van der Waals surface area contributed by atoms with Crippen LogP contribution in [0.5, 0.6) is 11.9 Å². The topological polar surface area (TPSA) is 125 Å². The second-order valence-electron chi connectivity index (χ2n) is 8.86. The first-order valence-corrected chi connectivity index (χ1v) is 11.6. The number of nitrogens with two attached hydrogens (primary N) is 2. The summed E-state index contributed by atoms with van der Waals surface area (Å²) in [6, 6.07) is 3.50. The molecule has 0 saturated heterocycles. The highest BCUT2D eigenvalue weighted by molar-refractivity contribution is 5.97. The molecule has 39 heavy (non-hydrogen) atoms. The lowest BCUT2D eigenvalue weighted by molar-refractivity contribution is -0.137. The van der Waals surface area contributed by atoms with Gasteiger partial charge in [-0.2, -0.15) is 23.1 Å². The van der Waals surface area contributed by atoms with Gasteiger partial charge >= 0.3 is 12.2 Å². The van der Waals surface area contributed by atoms with Gasteiger partial charge in [0, 0.05) is 17.3 Å². The average Bonchev–Trinajstić information content (AvgIpc) is 3.07. The van der Waals surface area contributed by atoms with Gasteiger partial charge in [-0.1, -0.05) is 6.07 Å². The highest BCUT2D eigenvalue weighted by Crippen LogP contribution is 2.46. The minimum atomic E-state index is -5.05. The molecule has 204 valence electrons. The van der Waals surface area contributed by atoms with E-state index in [0.717, 1.165) is 6.92 Å².